The Morgan fingerprint density at radius 2 is 2.12 bits per heavy atom. The van der Waals surface area contributed by atoms with Gasteiger partial charge in [-0.2, -0.15) is 0 Å². The molecule has 1 aliphatic rings. The first kappa shape index (κ1) is 18.5. The molecule has 2 heterocycles. The van der Waals surface area contributed by atoms with Gasteiger partial charge in [-0.05, 0) is 25.0 Å². The molecule has 2 aromatic heterocycles. The number of carbonyl (C=O) groups is 2. The van der Waals surface area contributed by atoms with Crippen molar-refractivity contribution in [3.8, 4) is 11.6 Å². The fourth-order valence-corrected chi connectivity index (χ4v) is 4.05. The van der Waals surface area contributed by atoms with Crippen LogP contribution in [0.4, 0.5) is 4.79 Å². The van der Waals surface area contributed by atoms with Crippen molar-refractivity contribution in [2.24, 2.45) is 0 Å². The van der Waals surface area contributed by atoms with Gasteiger partial charge in [0.05, 0.1) is 6.26 Å². The minimum Gasteiger partial charge on any atom is -0.461 e. The van der Waals surface area contributed by atoms with Gasteiger partial charge in [0.1, 0.15) is 0 Å². The molecule has 0 spiro atoms. The molecule has 1 saturated carbocycles. The van der Waals surface area contributed by atoms with Gasteiger partial charge in [0.15, 0.2) is 10.9 Å². The minimum absolute atomic E-state index is 0.228. The van der Waals surface area contributed by atoms with Crippen molar-refractivity contribution in [2.45, 2.75) is 49.7 Å². The predicted molar refractivity (Wildman–Crippen MR) is 97.8 cm³/mol. The van der Waals surface area contributed by atoms with Crippen LogP contribution in [0.1, 0.15) is 44.6 Å². The number of aromatic nitrogens is 3. The van der Waals surface area contributed by atoms with Crippen LogP contribution in [0.15, 0.2) is 28.0 Å². The first-order chi connectivity index (χ1) is 12.7. The lowest BCUT2D eigenvalue weighted by Crippen LogP contribution is -2.37. The second-order valence-electron chi connectivity index (χ2n) is 6.17. The number of nitrogens with one attached hydrogen (secondary N) is 2. The summed E-state index contributed by atoms with van der Waals surface area (Å²) in [6, 6.07) is 3.58. The van der Waals surface area contributed by atoms with Gasteiger partial charge in [-0.25, -0.2) is 4.79 Å². The molecule has 1 fully saturated rings. The Morgan fingerprint density at radius 1 is 1.31 bits per heavy atom. The molecule has 3 amide bonds. The second-order valence-corrected chi connectivity index (χ2v) is 7.23. The van der Waals surface area contributed by atoms with Crippen LogP contribution >= 0.6 is 11.8 Å². The standard InChI is InChI=1S/C17H23N5O3S/c1-18-16(24)19-14(23)9-11-26-17-21-20-15(13-8-5-10-25-13)22(17)12-6-3-2-4-7-12/h5,8,10,12H,2-4,6-7,9,11H2,1H3,(H2,18,19,23,24). The third kappa shape index (κ3) is 4.46. The Hall–Kier alpha value is -2.29. The quantitative estimate of drug-likeness (QED) is 0.751. The minimum atomic E-state index is -0.495. The van der Waals surface area contributed by atoms with Gasteiger partial charge in [0.2, 0.25) is 11.7 Å². The zero-order valence-electron chi connectivity index (χ0n) is 14.7. The van der Waals surface area contributed by atoms with Crippen LogP contribution in [-0.4, -0.2) is 39.5 Å². The van der Waals surface area contributed by atoms with Crippen LogP contribution in [0.5, 0.6) is 0 Å². The lowest BCUT2D eigenvalue weighted by atomic mass is 9.95. The molecule has 8 nitrogen and oxygen atoms in total. The van der Waals surface area contributed by atoms with Gasteiger partial charge in [-0.15, -0.1) is 10.2 Å². The van der Waals surface area contributed by atoms with Crippen LogP contribution in [0.25, 0.3) is 11.6 Å². The first-order valence-electron chi connectivity index (χ1n) is 8.82. The SMILES string of the molecule is CNC(=O)NC(=O)CCSc1nnc(-c2ccco2)n1C1CCCCC1. The monoisotopic (exact) mass is 377 g/mol. The molecular formula is C17H23N5O3S. The summed E-state index contributed by atoms with van der Waals surface area (Å²) < 4.78 is 7.67. The van der Waals surface area contributed by atoms with Crippen LogP contribution in [0.3, 0.4) is 0 Å². The molecule has 26 heavy (non-hydrogen) atoms. The van der Waals surface area contributed by atoms with Crippen molar-refractivity contribution in [1.29, 1.82) is 0 Å². The number of imide groups is 1. The molecule has 0 radical (unpaired) electrons. The molecule has 0 saturated heterocycles. The molecule has 140 valence electrons. The average Bonchev–Trinajstić information content (AvgIpc) is 3.31. The number of amides is 3. The van der Waals surface area contributed by atoms with Crippen molar-refractivity contribution in [1.82, 2.24) is 25.4 Å². The van der Waals surface area contributed by atoms with Gasteiger partial charge >= 0.3 is 6.03 Å². The lowest BCUT2D eigenvalue weighted by molar-refractivity contribution is -0.119. The molecule has 0 atom stereocenters. The summed E-state index contributed by atoms with van der Waals surface area (Å²) in [5.41, 5.74) is 0. The van der Waals surface area contributed by atoms with E-state index >= 15 is 0 Å². The second kappa shape index (κ2) is 8.88. The van der Waals surface area contributed by atoms with E-state index in [-0.39, 0.29) is 12.3 Å². The molecule has 1 aliphatic carbocycles. The Balaban J connectivity index is 1.70. The van der Waals surface area contributed by atoms with E-state index in [1.165, 1.54) is 38.1 Å². The maximum Gasteiger partial charge on any atom is 0.321 e. The average molecular weight is 377 g/mol. The van der Waals surface area contributed by atoms with Crippen molar-refractivity contribution in [3.05, 3.63) is 18.4 Å². The van der Waals surface area contributed by atoms with Crippen LogP contribution in [-0.2, 0) is 4.79 Å². The van der Waals surface area contributed by atoms with E-state index in [1.54, 1.807) is 6.26 Å². The summed E-state index contributed by atoms with van der Waals surface area (Å²) >= 11 is 1.48. The van der Waals surface area contributed by atoms with Crippen LogP contribution in [0, 0.1) is 0 Å². The smallest absolute Gasteiger partial charge is 0.321 e. The molecule has 2 aromatic rings. The Kier molecular flexibility index (Phi) is 6.32. The predicted octanol–water partition coefficient (Wildman–Crippen LogP) is 2.98. The molecular weight excluding hydrogens is 354 g/mol. The van der Waals surface area contributed by atoms with Crippen molar-refractivity contribution in [3.63, 3.8) is 0 Å². The van der Waals surface area contributed by atoms with Crippen molar-refractivity contribution < 1.29 is 14.0 Å². The third-order valence-electron chi connectivity index (χ3n) is 4.39. The van der Waals surface area contributed by atoms with E-state index in [2.05, 4.69) is 25.4 Å². The number of hydrogen-bond acceptors (Lipinski definition) is 6. The topological polar surface area (TPSA) is 102 Å². The molecule has 3 rings (SSSR count). The number of carbonyl (C=O) groups excluding carboxylic acids is 2. The molecule has 9 heteroatoms. The van der Waals surface area contributed by atoms with Gasteiger partial charge in [0.25, 0.3) is 0 Å². The highest BCUT2D eigenvalue weighted by Crippen LogP contribution is 2.35. The summed E-state index contributed by atoms with van der Waals surface area (Å²) in [5, 5.41) is 14.1. The van der Waals surface area contributed by atoms with Crippen molar-refractivity contribution in [2.75, 3.05) is 12.8 Å². The summed E-state index contributed by atoms with van der Waals surface area (Å²) in [4.78, 5) is 22.9. The molecule has 0 aliphatic heterocycles. The Labute approximate surface area is 156 Å². The highest BCUT2D eigenvalue weighted by atomic mass is 32.2. The molecule has 0 aromatic carbocycles. The Bertz CT molecular complexity index is 738. The highest BCUT2D eigenvalue weighted by Gasteiger charge is 2.25. The number of nitrogens with zero attached hydrogens (tertiary/aromatic N) is 3. The fourth-order valence-electron chi connectivity index (χ4n) is 3.10. The molecule has 0 unspecified atom stereocenters. The number of rotatable bonds is 6. The van der Waals surface area contributed by atoms with E-state index in [1.807, 2.05) is 12.1 Å². The van der Waals surface area contributed by atoms with Crippen molar-refractivity contribution >= 4 is 23.7 Å². The normalized spacial score (nSPS) is 15.0. The maximum atomic E-state index is 11.7. The number of furan rings is 1. The van der Waals surface area contributed by atoms with E-state index in [0.29, 0.717) is 17.6 Å². The van der Waals surface area contributed by atoms with E-state index < -0.39 is 6.03 Å². The number of hydrogen-bond donors (Lipinski definition) is 2. The Morgan fingerprint density at radius 3 is 2.81 bits per heavy atom. The number of urea groups is 1. The largest absolute Gasteiger partial charge is 0.461 e. The maximum absolute atomic E-state index is 11.7. The van der Waals surface area contributed by atoms with Crippen LogP contribution < -0.4 is 10.6 Å². The van der Waals surface area contributed by atoms with Gasteiger partial charge in [0, 0.05) is 25.3 Å². The highest BCUT2D eigenvalue weighted by molar-refractivity contribution is 7.99. The summed E-state index contributed by atoms with van der Waals surface area (Å²) in [6.45, 7) is 0. The van der Waals surface area contributed by atoms with E-state index in [9.17, 15) is 9.59 Å². The number of thioether (sulfide) groups is 1. The summed E-state index contributed by atoms with van der Waals surface area (Å²) in [5.74, 6) is 1.64. The van der Waals surface area contributed by atoms with Gasteiger partial charge < -0.3 is 9.73 Å². The summed E-state index contributed by atoms with van der Waals surface area (Å²) in [6.07, 6.45) is 7.69. The van der Waals surface area contributed by atoms with Crippen LogP contribution in [0.2, 0.25) is 0 Å². The zero-order valence-corrected chi connectivity index (χ0v) is 15.6. The van der Waals surface area contributed by atoms with E-state index in [0.717, 1.165) is 23.8 Å². The molecule has 2 N–H and O–H groups in total. The van der Waals surface area contributed by atoms with Gasteiger partial charge in [-0.3, -0.25) is 14.7 Å². The summed E-state index contributed by atoms with van der Waals surface area (Å²) in [7, 11) is 1.47. The zero-order chi connectivity index (χ0) is 18.4. The fraction of sp³-hybridized carbons (Fsp3) is 0.529. The lowest BCUT2D eigenvalue weighted by Gasteiger charge is -2.25. The third-order valence-corrected chi connectivity index (χ3v) is 5.33. The van der Waals surface area contributed by atoms with Gasteiger partial charge in [-0.1, -0.05) is 31.0 Å². The first-order valence-corrected chi connectivity index (χ1v) is 9.80. The van der Waals surface area contributed by atoms with E-state index in [4.69, 9.17) is 4.42 Å². The molecule has 0 bridgehead atoms.